The molecule has 0 atom stereocenters. The summed E-state index contributed by atoms with van der Waals surface area (Å²) in [5.74, 6) is -0.548. The van der Waals surface area contributed by atoms with Crippen molar-refractivity contribution in [1.29, 1.82) is 5.26 Å². The van der Waals surface area contributed by atoms with Crippen LogP contribution in [-0.2, 0) is 9.53 Å². The normalized spacial score (nSPS) is 11.2. The molecule has 0 heterocycles. The minimum absolute atomic E-state index is 0.159. The number of carbonyl (C=O) groups excluding carboxylic acids is 1. The Morgan fingerprint density at radius 1 is 1.44 bits per heavy atom. The van der Waals surface area contributed by atoms with Crippen LogP contribution < -0.4 is 5.73 Å². The quantitative estimate of drug-likeness (QED) is 0.470. The smallest absolute Gasteiger partial charge is 0.263 e. The van der Waals surface area contributed by atoms with Crippen LogP contribution in [-0.4, -0.2) is 12.5 Å². The number of hydrogen-bond acceptors (Lipinski definition) is 3. The second-order valence-electron chi connectivity index (χ2n) is 2.98. The summed E-state index contributed by atoms with van der Waals surface area (Å²) in [6, 6.07) is 10.7. The van der Waals surface area contributed by atoms with Gasteiger partial charge < -0.3 is 10.5 Å². The van der Waals surface area contributed by atoms with E-state index >= 15 is 0 Å². The monoisotopic (exact) mass is 216 g/mol. The molecule has 0 aliphatic heterocycles. The predicted octanol–water partition coefficient (Wildman–Crippen LogP) is 1.44. The fourth-order valence-electron chi connectivity index (χ4n) is 1.25. The minimum atomic E-state index is -0.783. The molecule has 0 aliphatic rings. The Hall–Kier alpha value is -2.28. The summed E-state index contributed by atoms with van der Waals surface area (Å²) in [6.07, 6.45) is 0. The Morgan fingerprint density at radius 2 is 2.06 bits per heavy atom. The standard InChI is InChI=1S/C12H12N2O2/c1-2-16-11(10(8-13)12(14)15)9-6-4-3-5-7-9/h3-7H,2H2,1H3,(H2,14,15)/b11-10+. The summed E-state index contributed by atoms with van der Waals surface area (Å²) >= 11 is 0. The number of benzene rings is 1. The zero-order chi connectivity index (χ0) is 12.0. The molecule has 0 saturated carbocycles. The Morgan fingerprint density at radius 3 is 2.50 bits per heavy atom. The summed E-state index contributed by atoms with van der Waals surface area (Å²) in [6.45, 7) is 2.14. The van der Waals surface area contributed by atoms with Crippen LogP contribution in [0.1, 0.15) is 12.5 Å². The molecule has 4 heteroatoms. The van der Waals surface area contributed by atoms with E-state index in [1.807, 2.05) is 6.07 Å². The highest BCUT2D eigenvalue weighted by Crippen LogP contribution is 2.19. The Labute approximate surface area is 93.9 Å². The van der Waals surface area contributed by atoms with Gasteiger partial charge in [0.15, 0.2) is 5.57 Å². The maximum atomic E-state index is 11.1. The van der Waals surface area contributed by atoms with Gasteiger partial charge >= 0.3 is 0 Å². The molecule has 0 radical (unpaired) electrons. The zero-order valence-electron chi connectivity index (χ0n) is 8.93. The van der Waals surface area contributed by atoms with Gasteiger partial charge in [0.1, 0.15) is 11.8 Å². The van der Waals surface area contributed by atoms with E-state index in [0.717, 1.165) is 0 Å². The number of amides is 1. The maximum Gasteiger partial charge on any atom is 0.263 e. The van der Waals surface area contributed by atoms with Crippen molar-refractivity contribution in [3.05, 3.63) is 41.5 Å². The highest BCUT2D eigenvalue weighted by Gasteiger charge is 2.15. The second-order valence-corrected chi connectivity index (χ2v) is 2.98. The number of primary amides is 1. The van der Waals surface area contributed by atoms with E-state index in [0.29, 0.717) is 12.2 Å². The van der Waals surface area contributed by atoms with E-state index in [2.05, 4.69) is 0 Å². The molecular weight excluding hydrogens is 204 g/mol. The van der Waals surface area contributed by atoms with Crippen LogP contribution in [0.15, 0.2) is 35.9 Å². The maximum absolute atomic E-state index is 11.1. The van der Waals surface area contributed by atoms with Gasteiger partial charge in [0.25, 0.3) is 5.91 Å². The van der Waals surface area contributed by atoms with Gasteiger partial charge in [-0.1, -0.05) is 30.3 Å². The molecule has 0 aliphatic carbocycles. The first-order valence-electron chi connectivity index (χ1n) is 4.83. The number of nitrogens with two attached hydrogens (primary N) is 1. The average molecular weight is 216 g/mol. The van der Waals surface area contributed by atoms with Gasteiger partial charge in [-0.3, -0.25) is 4.79 Å². The van der Waals surface area contributed by atoms with Crippen molar-refractivity contribution >= 4 is 11.7 Å². The molecule has 0 spiro atoms. The average Bonchev–Trinajstić information content (AvgIpc) is 2.29. The molecule has 1 rings (SSSR count). The van der Waals surface area contributed by atoms with Crippen LogP contribution in [0.3, 0.4) is 0 Å². The number of nitriles is 1. The lowest BCUT2D eigenvalue weighted by Crippen LogP contribution is -2.15. The highest BCUT2D eigenvalue weighted by atomic mass is 16.5. The van der Waals surface area contributed by atoms with Crippen LogP contribution in [0.4, 0.5) is 0 Å². The van der Waals surface area contributed by atoms with E-state index in [4.69, 9.17) is 15.7 Å². The number of carbonyl (C=O) groups is 1. The van der Waals surface area contributed by atoms with Crippen molar-refractivity contribution in [3.8, 4) is 6.07 Å². The molecule has 2 N–H and O–H groups in total. The molecule has 0 fully saturated rings. The van der Waals surface area contributed by atoms with Gasteiger partial charge in [0.05, 0.1) is 6.61 Å². The van der Waals surface area contributed by atoms with Crippen molar-refractivity contribution < 1.29 is 9.53 Å². The van der Waals surface area contributed by atoms with Crippen molar-refractivity contribution in [2.45, 2.75) is 6.92 Å². The molecule has 0 unspecified atom stereocenters. The Bertz CT molecular complexity index is 444. The lowest BCUT2D eigenvalue weighted by Gasteiger charge is -2.09. The predicted molar refractivity (Wildman–Crippen MR) is 59.8 cm³/mol. The third-order valence-corrected chi connectivity index (χ3v) is 1.91. The molecule has 0 aromatic heterocycles. The van der Waals surface area contributed by atoms with Crippen LogP contribution in [0.5, 0.6) is 0 Å². The second kappa shape index (κ2) is 5.56. The van der Waals surface area contributed by atoms with Crippen molar-refractivity contribution in [1.82, 2.24) is 0 Å². The first kappa shape index (κ1) is 11.8. The van der Waals surface area contributed by atoms with E-state index in [9.17, 15) is 4.79 Å². The van der Waals surface area contributed by atoms with E-state index < -0.39 is 5.91 Å². The number of ether oxygens (including phenoxy) is 1. The third kappa shape index (κ3) is 2.61. The molecule has 1 aromatic rings. The molecule has 4 nitrogen and oxygen atoms in total. The fourth-order valence-corrected chi connectivity index (χ4v) is 1.25. The van der Waals surface area contributed by atoms with Crippen molar-refractivity contribution in [3.63, 3.8) is 0 Å². The first-order valence-corrected chi connectivity index (χ1v) is 4.83. The molecule has 16 heavy (non-hydrogen) atoms. The van der Waals surface area contributed by atoms with Gasteiger partial charge in [0.2, 0.25) is 0 Å². The summed E-state index contributed by atoms with van der Waals surface area (Å²) in [4.78, 5) is 11.1. The third-order valence-electron chi connectivity index (χ3n) is 1.91. The topological polar surface area (TPSA) is 76.1 Å². The molecule has 1 aromatic carbocycles. The first-order chi connectivity index (χ1) is 7.70. The van der Waals surface area contributed by atoms with Gasteiger partial charge in [-0.25, -0.2) is 0 Å². The van der Waals surface area contributed by atoms with Crippen LogP contribution in [0, 0.1) is 11.3 Å². The molecule has 82 valence electrons. The molecule has 0 bridgehead atoms. The Balaban J connectivity index is 3.29. The fraction of sp³-hybridized carbons (Fsp3) is 0.167. The lowest BCUT2D eigenvalue weighted by molar-refractivity contribution is -0.114. The van der Waals surface area contributed by atoms with Crippen LogP contribution in [0.25, 0.3) is 5.76 Å². The number of nitrogens with zero attached hydrogens (tertiary/aromatic N) is 1. The largest absolute Gasteiger partial charge is 0.492 e. The molecule has 0 saturated heterocycles. The van der Waals surface area contributed by atoms with Gasteiger partial charge in [-0.2, -0.15) is 5.26 Å². The Kier molecular flexibility index (Phi) is 4.10. The van der Waals surface area contributed by atoms with E-state index in [1.165, 1.54) is 0 Å². The summed E-state index contributed by atoms with van der Waals surface area (Å²) < 4.78 is 5.30. The van der Waals surface area contributed by atoms with Gasteiger partial charge in [-0.15, -0.1) is 0 Å². The summed E-state index contributed by atoms with van der Waals surface area (Å²) in [7, 11) is 0. The molecule has 1 amide bonds. The van der Waals surface area contributed by atoms with Crippen molar-refractivity contribution in [2.75, 3.05) is 6.61 Å². The van der Waals surface area contributed by atoms with Crippen molar-refractivity contribution in [2.24, 2.45) is 5.73 Å². The lowest BCUT2D eigenvalue weighted by atomic mass is 10.1. The zero-order valence-corrected chi connectivity index (χ0v) is 8.93. The number of hydrogen-bond donors (Lipinski definition) is 1. The van der Waals surface area contributed by atoms with E-state index in [-0.39, 0.29) is 11.3 Å². The SMILES string of the molecule is CCO/C(=C(\C#N)C(N)=O)c1ccccc1. The summed E-state index contributed by atoms with van der Waals surface area (Å²) in [5, 5.41) is 8.87. The minimum Gasteiger partial charge on any atom is -0.492 e. The van der Waals surface area contributed by atoms with Crippen LogP contribution in [0.2, 0.25) is 0 Å². The van der Waals surface area contributed by atoms with E-state index in [1.54, 1.807) is 37.3 Å². The molecular formula is C12H12N2O2. The number of rotatable bonds is 4. The van der Waals surface area contributed by atoms with Gasteiger partial charge in [0, 0.05) is 5.56 Å². The highest BCUT2D eigenvalue weighted by molar-refractivity contribution is 6.02. The van der Waals surface area contributed by atoms with Crippen LogP contribution >= 0.6 is 0 Å². The van der Waals surface area contributed by atoms with Gasteiger partial charge in [-0.05, 0) is 6.92 Å². The summed E-state index contributed by atoms with van der Waals surface area (Å²) in [5.41, 5.74) is 5.62.